The van der Waals surface area contributed by atoms with E-state index in [4.69, 9.17) is 9.47 Å². The van der Waals surface area contributed by atoms with E-state index in [1.54, 1.807) is 32.6 Å². The smallest absolute Gasteiger partial charge is 0.259 e. The van der Waals surface area contributed by atoms with Crippen LogP contribution in [-0.2, 0) is 4.79 Å². The molecule has 0 radical (unpaired) electrons. The van der Waals surface area contributed by atoms with E-state index in [1.807, 2.05) is 37.3 Å². The molecule has 0 bridgehead atoms. The average molecular weight is 327 g/mol. The molecule has 126 valence electrons. The van der Waals surface area contributed by atoms with Gasteiger partial charge in [-0.25, -0.2) is 5.43 Å². The highest BCUT2D eigenvalue weighted by Gasteiger charge is 2.03. The van der Waals surface area contributed by atoms with Crippen molar-refractivity contribution in [3.8, 4) is 11.5 Å². The standard InChI is InChI=1S/C18H21N3O3/c1-13-5-4-6-15(9-13)19-12-18(22)21-20-11-14-7-8-16(23-2)17(10-14)24-3/h4-11,19H,12H2,1-3H3,(H,21,22). The molecule has 0 aliphatic heterocycles. The molecule has 0 fully saturated rings. The van der Waals surface area contributed by atoms with Gasteiger partial charge in [-0.15, -0.1) is 0 Å². The van der Waals surface area contributed by atoms with Crippen molar-refractivity contribution in [1.29, 1.82) is 0 Å². The molecule has 0 saturated heterocycles. The topological polar surface area (TPSA) is 72.0 Å². The van der Waals surface area contributed by atoms with Crippen molar-refractivity contribution in [1.82, 2.24) is 5.43 Å². The van der Waals surface area contributed by atoms with Crippen LogP contribution < -0.4 is 20.2 Å². The Morgan fingerprint density at radius 3 is 2.62 bits per heavy atom. The van der Waals surface area contributed by atoms with Crippen LogP contribution in [0, 0.1) is 6.92 Å². The number of aryl methyl sites for hydroxylation is 1. The van der Waals surface area contributed by atoms with E-state index in [9.17, 15) is 4.79 Å². The number of nitrogens with one attached hydrogen (secondary N) is 2. The highest BCUT2D eigenvalue weighted by Crippen LogP contribution is 2.26. The van der Waals surface area contributed by atoms with E-state index in [1.165, 1.54) is 0 Å². The van der Waals surface area contributed by atoms with E-state index >= 15 is 0 Å². The fourth-order valence-corrected chi connectivity index (χ4v) is 2.09. The maximum absolute atomic E-state index is 11.8. The molecule has 0 atom stereocenters. The molecule has 6 heteroatoms. The van der Waals surface area contributed by atoms with Crippen LogP contribution in [0.5, 0.6) is 11.5 Å². The van der Waals surface area contributed by atoms with Gasteiger partial charge in [0.15, 0.2) is 11.5 Å². The van der Waals surface area contributed by atoms with Crippen molar-refractivity contribution < 1.29 is 14.3 Å². The number of carbonyl (C=O) groups excluding carboxylic acids is 1. The maximum atomic E-state index is 11.8. The third-order valence-corrected chi connectivity index (χ3v) is 3.28. The van der Waals surface area contributed by atoms with Gasteiger partial charge in [0, 0.05) is 5.69 Å². The van der Waals surface area contributed by atoms with Crippen LogP contribution in [0.4, 0.5) is 5.69 Å². The number of hydrogen-bond acceptors (Lipinski definition) is 5. The molecule has 1 amide bonds. The Hall–Kier alpha value is -3.02. The van der Waals surface area contributed by atoms with Crippen LogP contribution in [0.15, 0.2) is 47.6 Å². The Morgan fingerprint density at radius 2 is 1.92 bits per heavy atom. The molecular weight excluding hydrogens is 306 g/mol. The second kappa shape index (κ2) is 8.57. The molecule has 0 spiro atoms. The Labute approximate surface area is 141 Å². The summed E-state index contributed by atoms with van der Waals surface area (Å²) < 4.78 is 10.4. The molecule has 0 unspecified atom stereocenters. The second-order valence-corrected chi connectivity index (χ2v) is 5.13. The first kappa shape index (κ1) is 17.3. The molecule has 6 nitrogen and oxygen atoms in total. The summed E-state index contributed by atoms with van der Waals surface area (Å²) in [7, 11) is 3.14. The van der Waals surface area contributed by atoms with Crippen molar-refractivity contribution in [2.75, 3.05) is 26.1 Å². The third-order valence-electron chi connectivity index (χ3n) is 3.28. The van der Waals surface area contributed by atoms with Crippen LogP contribution in [0.25, 0.3) is 0 Å². The van der Waals surface area contributed by atoms with E-state index in [0.29, 0.717) is 11.5 Å². The molecule has 0 heterocycles. The Balaban J connectivity index is 1.86. The molecule has 2 aromatic rings. The van der Waals surface area contributed by atoms with Crippen molar-refractivity contribution in [3.63, 3.8) is 0 Å². The Morgan fingerprint density at radius 1 is 1.12 bits per heavy atom. The van der Waals surface area contributed by atoms with Gasteiger partial charge in [0.1, 0.15) is 0 Å². The number of ether oxygens (including phenoxy) is 2. The Kier molecular flexibility index (Phi) is 6.19. The van der Waals surface area contributed by atoms with Gasteiger partial charge in [-0.2, -0.15) is 5.10 Å². The molecule has 0 aromatic heterocycles. The lowest BCUT2D eigenvalue weighted by molar-refractivity contribution is -0.119. The van der Waals surface area contributed by atoms with Gasteiger partial charge >= 0.3 is 0 Å². The van der Waals surface area contributed by atoms with Crippen molar-refractivity contribution >= 4 is 17.8 Å². The molecule has 0 saturated carbocycles. The molecule has 0 aliphatic carbocycles. The van der Waals surface area contributed by atoms with Crippen LogP contribution in [0.2, 0.25) is 0 Å². The summed E-state index contributed by atoms with van der Waals surface area (Å²) >= 11 is 0. The number of nitrogens with zero attached hydrogens (tertiary/aromatic N) is 1. The lowest BCUT2D eigenvalue weighted by atomic mass is 10.2. The first-order valence-electron chi connectivity index (χ1n) is 7.47. The van der Waals surface area contributed by atoms with E-state index < -0.39 is 0 Å². The van der Waals surface area contributed by atoms with Crippen LogP contribution in [0.3, 0.4) is 0 Å². The number of benzene rings is 2. The normalized spacial score (nSPS) is 10.5. The highest BCUT2D eigenvalue weighted by atomic mass is 16.5. The molecule has 2 rings (SSSR count). The predicted molar refractivity (Wildman–Crippen MR) is 95.0 cm³/mol. The number of methoxy groups -OCH3 is 2. The van der Waals surface area contributed by atoms with Gasteiger partial charge in [0.25, 0.3) is 5.91 Å². The van der Waals surface area contributed by atoms with Crippen molar-refractivity contribution in [3.05, 3.63) is 53.6 Å². The summed E-state index contributed by atoms with van der Waals surface area (Å²) in [6, 6.07) is 13.2. The molecule has 24 heavy (non-hydrogen) atoms. The third kappa shape index (κ3) is 5.01. The fraction of sp³-hybridized carbons (Fsp3) is 0.222. The average Bonchev–Trinajstić information content (AvgIpc) is 2.60. The van der Waals surface area contributed by atoms with Gasteiger partial charge in [0.05, 0.1) is 27.0 Å². The molecule has 2 aromatic carbocycles. The zero-order chi connectivity index (χ0) is 17.4. The zero-order valence-electron chi connectivity index (χ0n) is 14.0. The van der Waals surface area contributed by atoms with Crippen LogP contribution >= 0.6 is 0 Å². The molecular formula is C18H21N3O3. The number of rotatable bonds is 7. The monoisotopic (exact) mass is 327 g/mol. The number of carbonyl (C=O) groups is 1. The molecule has 2 N–H and O–H groups in total. The predicted octanol–water partition coefficient (Wildman–Crippen LogP) is 2.57. The SMILES string of the molecule is COc1ccc(C=NNC(=O)CNc2cccc(C)c2)cc1OC. The summed E-state index contributed by atoms with van der Waals surface area (Å²) in [5.41, 5.74) is 5.30. The van der Waals surface area contributed by atoms with Crippen molar-refractivity contribution in [2.45, 2.75) is 6.92 Å². The largest absolute Gasteiger partial charge is 0.493 e. The van der Waals surface area contributed by atoms with E-state index in [0.717, 1.165) is 16.8 Å². The first-order chi connectivity index (χ1) is 11.6. The van der Waals surface area contributed by atoms with Gasteiger partial charge in [-0.05, 0) is 48.4 Å². The lowest BCUT2D eigenvalue weighted by Crippen LogP contribution is -2.25. The molecule has 0 aliphatic rings. The maximum Gasteiger partial charge on any atom is 0.259 e. The number of hydrogen-bond donors (Lipinski definition) is 2. The van der Waals surface area contributed by atoms with E-state index in [2.05, 4.69) is 15.8 Å². The number of hydrazone groups is 1. The summed E-state index contributed by atoms with van der Waals surface area (Å²) in [6.07, 6.45) is 1.55. The highest BCUT2D eigenvalue weighted by molar-refractivity contribution is 5.84. The lowest BCUT2D eigenvalue weighted by Gasteiger charge is -2.07. The Bertz CT molecular complexity index is 729. The number of amides is 1. The summed E-state index contributed by atoms with van der Waals surface area (Å²) in [5.74, 6) is 1.02. The van der Waals surface area contributed by atoms with Crippen LogP contribution in [0.1, 0.15) is 11.1 Å². The van der Waals surface area contributed by atoms with Gasteiger partial charge in [-0.1, -0.05) is 12.1 Å². The van der Waals surface area contributed by atoms with E-state index in [-0.39, 0.29) is 12.5 Å². The first-order valence-corrected chi connectivity index (χ1v) is 7.47. The summed E-state index contributed by atoms with van der Waals surface area (Å²) in [6.45, 7) is 2.14. The quantitative estimate of drug-likeness (QED) is 0.606. The van der Waals surface area contributed by atoms with Crippen molar-refractivity contribution in [2.24, 2.45) is 5.10 Å². The summed E-state index contributed by atoms with van der Waals surface area (Å²) in [4.78, 5) is 11.8. The number of anilines is 1. The minimum absolute atomic E-state index is 0.146. The summed E-state index contributed by atoms with van der Waals surface area (Å²) in [5, 5.41) is 6.99. The van der Waals surface area contributed by atoms with Gasteiger partial charge in [-0.3, -0.25) is 4.79 Å². The minimum Gasteiger partial charge on any atom is -0.493 e. The fourth-order valence-electron chi connectivity index (χ4n) is 2.09. The second-order valence-electron chi connectivity index (χ2n) is 5.13. The minimum atomic E-state index is -0.228. The van der Waals surface area contributed by atoms with Crippen LogP contribution in [-0.4, -0.2) is 32.9 Å². The zero-order valence-corrected chi connectivity index (χ0v) is 14.0. The van der Waals surface area contributed by atoms with Gasteiger partial charge < -0.3 is 14.8 Å². The van der Waals surface area contributed by atoms with Gasteiger partial charge in [0.2, 0.25) is 0 Å².